The van der Waals surface area contributed by atoms with Gasteiger partial charge in [0.25, 0.3) is 0 Å². The Kier molecular flexibility index (Phi) is 6.26. The number of esters is 1. The van der Waals surface area contributed by atoms with E-state index in [9.17, 15) is 9.59 Å². The number of ketones is 1. The molecule has 0 heterocycles. The quantitative estimate of drug-likeness (QED) is 0.428. The van der Waals surface area contributed by atoms with Crippen molar-refractivity contribution in [1.29, 1.82) is 0 Å². The first-order chi connectivity index (χ1) is 7.28. The molecule has 0 bridgehead atoms. The summed E-state index contributed by atoms with van der Waals surface area (Å²) < 4.78 is 5.12. The highest BCUT2D eigenvalue weighted by Gasteiger charge is 2.26. The lowest BCUT2D eigenvalue weighted by Crippen LogP contribution is -2.31. The molecular weight excluding hydrogens is 208 g/mol. The van der Waals surface area contributed by atoms with Gasteiger partial charge in [-0.25, -0.2) is 0 Å². The summed E-state index contributed by atoms with van der Waals surface area (Å²) in [7, 11) is 0. The lowest BCUT2D eigenvalue weighted by atomic mass is 10.0. The van der Waals surface area contributed by atoms with Gasteiger partial charge in [-0.05, 0) is 40.5 Å². The Morgan fingerprint density at radius 3 is 2.25 bits per heavy atom. The van der Waals surface area contributed by atoms with Crippen LogP contribution in [0.3, 0.4) is 0 Å². The number of aliphatic hydroxyl groups excluding tert-OH is 1. The summed E-state index contributed by atoms with van der Waals surface area (Å²) >= 11 is 0. The molecule has 0 spiro atoms. The molecule has 0 aromatic rings. The fourth-order valence-corrected chi connectivity index (χ4v) is 1.15. The zero-order valence-corrected chi connectivity index (χ0v) is 10.6. The van der Waals surface area contributed by atoms with Crippen molar-refractivity contribution in [1.82, 2.24) is 0 Å². The molecule has 0 aromatic carbocycles. The molecule has 0 aromatic heterocycles. The van der Waals surface area contributed by atoms with Gasteiger partial charge in [-0.3, -0.25) is 9.59 Å². The maximum atomic E-state index is 11.6. The summed E-state index contributed by atoms with van der Waals surface area (Å²) in [6.45, 7) is 6.96. The maximum Gasteiger partial charge on any atom is 0.316 e. The highest BCUT2D eigenvalue weighted by atomic mass is 16.6. The number of hydrogen-bond donors (Lipinski definition) is 1. The number of ether oxygens (including phenoxy) is 1. The van der Waals surface area contributed by atoms with Crippen LogP contribution in [0.15, 0.2) is 0 Å². The molecule has 1 unspecified atom stereocenters. The van der Waals surface area contributed by atoms with Crippen molar-refractivity contribution in [3.8, 4) is 0 Å². The maximum absolute atomic E-state index is 11.6. The minimum absolute atomic E-state index is 0.0775. The minimum Gasteiger partial charge on any atom is -0.459 e. The van der Waals surface area contributed by atoms with E-state index in [1.165, 1.54) is 0 Å². The average molecular weight is 230 g/mol. The van der Waals surface area contributed by atoms with E-state index in [-0.39, 0.29) is 12.4 Å². The van der Waals surface area contributed by atoms with Crippen LogP contribution in [0.5, 0.6) is 0 Å². The van der Waals surface area contributed by atoms with Crippen molar-refractivity contribution in [3.05, 3.63) is 0 Å². The van der Waals surface area contributed by atoms with Crippen molar-refractivity contribution in [2.75, 3.05) is 6.61 Å². The van der Waals surface area contributed by atoms with Gasteiger partial charge in [0.1, 0.15) is 17.3 Å². The third-order valence-corrected chi connectivity index (χ3v) is 2.07. The molecule has 16 heavy (non-hydrogen) atoms. The second kappa shape index (κ2) is 6.63. The Bertz CT molecular complexity index is 240. The molecule has 94 valence electrons. The van der Waals surface area contributed by atoms with Gasteiger partial charge >= 0.3 is 5.97 Å². The molecule has 0 saturated carbocycles. The van der Waals surface area contributed by atoms with Gasteiger partial charge in [-0.1, -0.05) is 0 Å². The van der Waals surface area contributed by atoms with Crippen molar-refractivity contribution in [3.63, 3.8) is 0 Å². The normalized spacial score (nSPS) is 13.3. The molecule has 0 saturated heterocycles. The van der Waals surface area contributed by atoms with Gasteiger partial charge in [0.15, 0.2) is 0 Å². The Labute approximate surface area is 97.0 Å². The molecule has 0 aliphatic carbocycles. The minimum atomic E-state index is -0.710. The molecule has 0 fully saturated rings. The molecule has 0 rings (SSSR count). The fraction of sp³-hybridized carbons (Fsp3) is 0.833. The first-order valence-corrected chi connectivity index (χ1v) is 5.64. The number of rotatable bonds is 6. The van der Waals surface area contributed by atoms with Crippen LogP contribution in [0, 0.1) is 5.92 Å². The molecule has 0 aliphatic rings. The average Bonchev–Trinajstić information content (AvgIpc) is 2.14. The summed E-state index contributed by atoms with van der Waals surface area (Å²) in [5.41, 5.74) is -0.559. The van der Waals surface area contributed by atoms with Crippen LogP contribution < -0.4 is 0 Å². The van der Waals surface area contributed by atoms with E-state index in [4.69, 9.17) is 9.84 Å². The zero-order valence-electron chi connectivity index (χ0n) is 10.6. The lowest BCUT2D eigenvalue weighted by Gasteiger charge is -2.21. The van der Waals surface area contributed by atoms with Gasteiger partial charge in [0.2, 0.25) is 0 Å². The van der Waals surface area contributed by atoms with Crippen LogP contribution in [0.2, 0.25) is 0 Å². The second-order valence-electron chi connectivity index (χ2n) is 4.90. The predicted molar refractivity (Wildman–Crippen MR) is 61.0 cm³/mol. The van der Waals surface area contributed by atoms with Gasteiger partial charge < -0.3 is 9.84 Å². The summed E-state index contributed by atoms with van der Waals surface area (Å²) in [6.07, 6.45) is 1.52. The highest BCUT2D eigenvalue weighted by molar-refractivity contribution is 5.98. The van der Waals surface area contributed by atoms with Gasteiger partial charge in [-0.2, -0.15) is 0 Å². The molecule has 0 radical (unpaired) electrons. The summed E-state index contributed by atoms with van der Waals surface area (Å²) in [4.78, 5) is 23.1. The SMILES string of the molecule is CC(C(=O)CCCCO)C(=O)OC(C)(C)C. The number of carbonyl (C=O) groups is 2. The van der Waals surface area contributed by atoms with Gasteiger partial charge in [0.05, 0.1) is 0 Å². The summed E-state index contributed by atoms with van der Waals surface area (Å²) in [5, 5.41) is 8.58. The van der Waals surface area contributed by atoms with E-state index in [0.29, 0.717) is 19.3 Å². The van der Waals surface area contributed by atoms with Crippen LogP contribution >= 0.6 is 0 Å². The van der Waals surface area contributed by atoms with Crippen LogP contribution in [-0.2, 0) is 14.3 Å². The first-order valence-electron chi connectivity index (χ1n) is 5.64. The van der Waals surface area contributed by atoms with Crippen LogP contribution in [0.25, 0.3) is 0 Å². The molecular formula is C12H22O4. The zero-order chi connectivity index (χ0) is 12.8. The fourth-order valence-electron chi connectivity index (χ4n) is 1.15. The molecule has 4 heteroatoms. The summed E-state index contributed by atoms with van der Waals surface area (Å²) in [6, 6.07) is 0. The topological polar surface area (TPSA) is 63.6 Å². The van der Waals surface area contributed by atoms with E-state index in [1.54, 1.807) is 27.7 Å². The predicted octanol–water partition coefficient (Wildman–Crippen LogP) is 1.70. The van der Waals surface area contributed by atoms with E-state index >= 15 is 0 Å². The van der Waals surface area contributed by atoms with Gasteiger partial charge in [-0.15, -0.1) is 0 Å². The number of Topliss-reactive ketones (excluding diaryl/α,β-unsaturated/α-hetero) is 1. The Balaban J connectivity index is 4.07. The van der Waals surface area contributed by atoms with E-state index in [0.717, 1.165) is 0 Å². The van der Waals surface area contributed by atoms with Crippen molar-refractivity contribution >= 4 is 11.8 Å². The van der Waals surface area contributed by atoms with Crippen molar-refractivity contribution < 1.29 is 19.4 Å². The second-order valence-corrected chi connectivity index (χ2v) is 4.90. The lowest BCUT2D eigenvalue weighted by molar-refractivity contribution is -0.161. The first kappa shape index (κ1) is 15.1. The number of unbranched alkanes of at least 4 members (excludes halogenated alkanes) is 1. The molecule has 1 atom stereocenters. The highest BCUT2D eigenvalue weighted by Crippen LogP contribution is 2.13. The Morgan fingerprint density at radius 2 is 1.81 bits per heavy atom. The number of carbonyl (C=O) groups excluding carboxylic acids is 2. The van der Waals surface area contributed by atoms with Crippen LogP contribution in [0.1, 0.15) is 47.0 Å². The number of aliphatic hydroxyl groups is 1. The molecule has 0 amide bonds. The van der Waals surface area contributed by atoms with Crippen molar-refractivity contribution in [2.24, 2.45) is 5.92 Å². The monoisotopic (exact) mass is 230 g/mol. The largest absolute Gasteiger partial charge is 0.459 e. The van der Waals surface area contributed by atoms with E-state index < -0.39 is 17.5 Å². The molecule has 1 N–H and O–H groups in total. The molecule has 4 nitrogen and oxygen atoms in total. The smallest absolute Gasteiger partial charge is 0.316 e. The van der Waals surface area contributed by atoms with E-state index in [1.807, 2.05) is 0 Å². The molecule has 0 aliphatic heterocycles. The van der Waals surface area contributed by atoms with Crippen molar-refractivity contribution in [2.45, 2.75) is 52.6 Å². The third-order valence-electron chi connectivity index (χ3n) is 2.07. The number of hydrogen-bond acceptors (Lipinski definition) is 4. The van der Waals surface area contributed by atoms with Gasteiger partial charge in [0, 0.05) is 13.0 Å². The third kappa shape index (κ3) is 6.56. The Morgan fingerprint density at radius 1 is 1.25 bits per heavy atom. The summed E-state index contributed by atoms with van der Waals surface area (Å²) in [5.74, 6) is -1.30. The van der Waals surface area contributed by atoms with E-state index in [2.05, 4.69) is 0 Å². The van der Waals surface area contributed by atoms with Crippen LogP contribution in [0.4, 0.5) is 0 Å². The standard InChI is InChI=1S/C12H22O4/c1-9(10(14)7-5-6-8-13)11(15)16-12(2,3)4/h9,13H,5-8H2,1-4H3. The Hall–Kier alpha value is -0.900. The van der Waals surface area contributed by atoms with Crippen LogP contribution in [-0.4, -0.2) is 29.1 Å².